The van der Waals surface area contributed by atoms with Gasteiger partial charge in [0.15, 0.2) is 12.3 Å². The summed E-state index contributed by atoms with van der Waals surface area (Å²) in [5, 5.41) is 0. The Bertz CT molecular complexity index is 1950. The van der Waals surface area contributed by atoms with Gasteiger partial charge in [-0.25, -0.2) is 0 Å². The zero-order valence-corrected chi connectivity index (χ0v) is 26.1. The highest BCUT2D eigenvalue weighted by molar-refractivity contribution is 7.86. The van der Waals surface area contributed by atoms with E-state index in [0.29, 0.717) is 36.1 Å². The predicted octanol–water partition coefficient (Wildman–Crippen LogP) is 5.79. The lowest BCUT2D eigenvalue weighted by Gasteiger charge is -2.18. The lowest BCUT2D eigenvalue weighted by Crippen LogP contribution is -2.36. The van der Waals surface area contributed by atoms with E-state index in [4.69, 9.17) is 9.15 Å². The van der Waals surface area contributed by atoms with Crippen LogP contribution in [0.2, 0.25) is 0 Å². The average Bonchev–Trinajstić information content (AvgIpc) is 3.48. The van der Waals surface area contributed by atoms with Gasteiger partial charge in [0.05, 0.1) is 23.3 Å². The average molecular weight is 640 g/mol. The van der Waals surface area contributed by atoms with Gasteiger partial charge in [0, 0.05) is 25.1 Å². The van der Waals surface area contributed by atoms with E-state index in [1.54, 1.807) is 0 Å². The number of oxazole rings is 1. The van der Waals surface area contributed by atoms with Crippen LogP contribution in [0.4, 0.5) is 5.69 Å². The quantitative estimate of drug-likeness (QED) is 0.146. The smallest absolute Gasteiger partial charge is 0.374 e. The second kappa shape index (κ2) is 12.9. The standard InChI is InChI=1S/C32H34N2O8S2/c1-3-24(20-31-33(15-7-17-43(35,36)37)27-19-23(2)11-13-29(27)41-31)21-32-34(16-8-18-44(38,39)40)28-22-26(12-14-30(28)42-32)25-9-5-4-6-10-25/h4-6,9-14,19-22H,3,7-8,15-18H2,1-2H3,(H-,35,36,37,38,39,40)/p+1. The maximum atomic E-state index is 11.5. The first kappa shape index (κ1) is 31.5. The largest absolute Gasteiger partial charge is 0.439 e. The first-order valence-electron chi connectivity index (χ1n) is 14.3. The molecule has 44 heavy (non-hydrogen) atoms. The van der Waals surface area contributed by atoms with Crippen LogP contribution in [0, 0.1) is 6.92 Å². The van der Waals surface area contributed by atoms with Crippen molar-refractivity contribution in [2.45, 2.75) is 39.7 Å². The number of aromatic nitrogens is 1. The number of fused-ring (bicyclic) bond motifs is 2. The number of hydrogen-bond acceptors (Lipinski definition) is 7. The second-order valence-electron chi connectivity index (χ2n) is 10.7. The molecule has 0 amide bonds. The number of allylic oxidation sites excluding steroid dienone is 2. The van der Waals surface area contributed by atoms with Crippen LogP contribution < -0.4 is 14.2 Å². The third kappa shape index (κ3) is 7.75. The maximum Gasteiger partial charge on any atom is 0.374 e. The summed E-state index contributed by atoms with van der Waals surface area (Å²) in [7, 11) is -8.24. The molecule has 1 aromatic heterocycles. The molecule has 232 valence electrons. The lowest BCUT2D eigenvalue weighted by atomic mass is 10.1. The second-order valence-corrected chi connectivity index (χ2v) is 13.8. The number of ether oxygens (including phenoxy) is 1. The topological polar surface area (TPSA) is 138 Å². The monoisotopic (exact) mass is 639 g/mol. The molecule has 0 unspecified atom stereocenters. The SMILES string of the molecule is CCC(=C/c1oc2ccc(-c3ccccc3)cc2[n+]1CCCS(=O)(=O)O)/C=C1\Oc2ccc(C)cc2N1CCCS(=O)(=O)O. The molecule has 0 fully saturated rings. The van der Waals surface area contributed by atoms with Crippen LogP contribution in [0.1, 0.15) is 37.6 Å². The third-order valence-electron chi connectivity index (χ3n) is 7.32. The summed E-state index contributed by atoms with van der Waals surface area (Å²) in [6, 6.07) is 21.5. The van der Waals surface area contributed by atoms with Gasteiger partial charge in [0.1, 0.15) is 0 Å². The van der Waals surface area contributed by atoms with Gasteiger partial charge >= 0.3 is 5.89 Å². The Hall–Kier alpha value is -3.97. The summed E-state index contributed by atoms with van der Waals surface area (Å²) < 4.78 is 78.7. The van der Waals surface area contributed by atoms with Crippen LogP contribution in [-0.2, 0) is 26.8 Å². The maximum absolute atomic E-state index is 11.5. The van der Waals surface area contributed by atoms with E-state index in [9.17, 15) is 25.9 Å². The molecule has 2 N–H and O–H groups in total. The van der Waals surface area contributed by atoms with E-state index in [1.807, 2.05) is 102 Å². The number of hydrogen-bond donors (Lipinski definition) is 2. The molecule has 0 saturated heterocycles. The van der Waals surface area contributed by atoms with Gasteiger partial charge in [-0.1, -0.05) is 49.4 Å². The molecule has 3 aromatic carbocycles. The highest BCUT2D eigenvalue weighted by Gasteiger charge is 2.28. The molecule has 12 heteroatoms. The molecular weight excluding hydrogens is 604 g/mol. The van der Waals surface area contributed by atoms with Crippen LogP contribution >= 0.6 is 0 Å². The van der Waals surface area contributed by atoms with Crippen molar-refractivity contribution in [1.29, 1.82) is 0 Å². The Morgan fingerprint density at radius 1 is 0.909 bits per heavy atom. The molecule has 10 nitrogen and oxygen atoms in total. The van der Waals surface area contributed by atoms with Crippen molar-refractivity contribution in [3.63, 3.8) is 0 Å². The van der Waals surface area contributed by atoms with Crippen molar-refractivity contribution in [2.75, 3.05) is 23.0 Å². The van der Waals surface area contributed by atoms with Gasteiger partial charge in [-0.15, -0.1) is 0 Å². The molecule has 5 rings (SSSR count). The molecule has 0 bridgehead atoms. The van der Waals surface area contributed by atoms with Crippen molar-refractivity contribution >= 4 is 43.1 Å². The normalized spacial score (nSPS) is 14.8. The molecule has 1 aliphatic heterocycles. The van der Waals surface area contributed by atoms with Crippen molar-refractivity contribution in [3.8, 4) is 16.9 Å². The Morgan fingerprint density at radius 3 is 2.34 bits per heavy atom. The summed E-state index contributed by atoms with van der Waals surface area (Å²) in [4.78, 5) is 1.89. The van der Waals surface area contributed by atoms with Crippen LogP contribution in [-0.4, -0.2) is 44.0 Å². The Morgan fingerprint density at radius 2 is 1.64 bits per heavy atom. The highest BCUT2D eigenvalue weighted by Crippen LogP contribution is 2.40. The summed E-state index contributed by atoms with van der Waals surface area (Å²) >= 11 is 0. The van der Waals surface area contributed by atoms with Crippen molar-refractivity contribution < 1.29 is 39.7 Å². The minimum atomic E-state index is -4.13. The van der Waals surface area contributed by atoms with Crippen LogP contribution in [0.5, 0.6) is 5.75 Å². The molecule has 1 aliphatic rings. The molecule has 2 heterocycles. The summed E-state index contributed by atoms with van der Waals surface area (Å²) in [5.74, 6) is 0.889. The Labute approximate surface area is 257 Å². The number of nitrogens with zero attached hydrogens (tertiary/aromatic N) is 2. The van der Waals surface area contributed by atoms with E-state index in [-0.39, 0.29) is 30.9 Å². The van der Waals surface area contributed by atoms with Crippen LogP contribution in [0.3, 0.4) is 0 Å². The third-order valence-corrected chi connectivity index (χ3v) is 8.93. The molecule has 4 aromatic rings. The zero-order valence-electron chi connectivity index (χ0n) is 24.5. The molecule has 0 atom stereocenters. The zero-order chi connectivity index (χ0) is 31.5. The van der Waals surface area contributed by atoms with E-state index in [0.717, 1.165) is 33.5 Å². The fourth-order valence-corrected chi connectivity index (χ4v) is 6.16. The van der Waals surface area contributed by atoms with Gasteiger partial charge in [0.2, 0.25) is 11.5 Å². The van der Waals surface area contributed by atoms with E-state index >= 15 is 0 Å². The van der Waals surface area contributed by atoms with E-state index < -0.39 is 20.2 Å². The van der Waals surface area contributed by atoms with Crippen LogP contribution in [0.15, 0.2) is 88.7 Å². The Balaban J connectivity index is 1.54. The molecule has 0 radical (unpaired) electrons. The lowest BCUT2D eigenvalue weighted by molar-refractivity contribution is -0.677. The van der Waals surface area contributed by atoms with Crippen molar-refractivity contribution in [2.24, 2.45) is 0 Å². The molecule has 0 aliphatic carbocycles. The number of benzene rings is 3. The fourth-order valence-electron chi connectivity index (χ4n) is 5.17. The van der Waals surface area contributed by atoms with Gasteiger partial charge in [-0.3, -0.25) is 9.11 Å². The fraction of sp³-hybridized carbons (Fsp3) is 0.281. The summed E-state index contributed by atoms with van der Waals surface area (Å²) in [6.07, 6.45) is 4.71. The minimum absolute atomic E-state index is 0.177. The minimum Gasteiger partial charge on any atom is -0.439 e. The van der Waals surface area contributed by atoms with Gasteiger partial charge in [0.25, 0.3) is 25.8 Å². The first-order chi connectivity index (χ1) is 20.9. The van der Waals surface area contributed by atoms with Crippen molar-refractivity contribution in [3.05, 3.63) is 95.7 Å². The Kier molecular flexibility index (Phi) is 9.26. The summed E-state index contributed by atoms with van der Waals surface area (Å²) in [5.41, 5.74) is 6.07. The first-order valence-corrected chi connectivity index (χ1v) is 17.5. The molecule has 0 saturated carbocycles. The number of rotatable bonds is 12. The molecular formula is C32H35N2O8S2+. The predicted molar refractivity (Wildman–Crippen MR) is 169 cm³/mol. The van der Waals surface area contributed by atoms with Crippen molar-refractivity contribution in [1.82, 2.24) is 0 Å². The van der Waals surface area contributed by atoms with E-state index in [1.165, 1.54) is 0 Å². The van der Waals surface area contributed by atoms with Crippen LogP contribution in [0.25, 0.3) is 28.3 Å². The van der Waals surface area contributed by atoms with Gasteiger partial charge in [-0.2, -0.15) is 21.4 Å². The summed E-state index contributed by atoms with van der Waals surface area (Å²) in [6.45, 7) is 4.53. The number of anilines is 1. The highest BCUT2D eigenvalue weighted by atomic mass is 32.2. The van der Waals surface area contributed by atoms with Gasteiger partial charge < -0.3 is 14.1 Å². The van der Waals surface area contributed by atoms with Gasteiger partial charge in [-0.05, 0) is 60.2 Å². The van der Waals surface area contributed by atoms with E-state index in [2.05, 4.69) is 0 Å². The molecule has 0 spiro atoms. The number of aryl methyl sites for hydroxylation is 2.